The molecule has 0 amide bonds. The van der Waals surface area contributed by atoms with E-state index in [9.17, 15) is 9.90 Å². The first kappa shape index (κ1) is 14.9. The molecular weight excluding hydrogens is 284 g/mol. The first-order valence-electron chi connectivity index (χ1n) is 6.48. The SMILES string of the molecule is COc1cc(C(=O)O)cc(Cl)c1OC1CCCCC1O. The van der Waals surface area contributed by atoms with Gasteiger partial charge in [0.15, 0.2) is 11.5 Å². The molecule has 20 heavy (non-hydrogen) atoms. The Labute approximate surface area is 122 Å². The van der Waals surface area contributed by atoms with Crippen LogP contribution in [0, 0.1) is 0 Å². The fourth-order valence-electron chi connectivity index (χ4n) is 2.32. The molecule has 2 unspecified atom stereocenters. The summed E-state index contributed by atoms with van der Waals surface area (Å²) in [6.45, 7) is 0. The van der Waals surface area contributed by atoms with Crippen molar-refractivity contribution in [2.75, 3.05) is 7.11 Å². The standard InChI is InChI=1S/C14H17ClO5/c1-19-12-7-8(14(17)18)6-9(15)13(12)20-11-5-3-2-4-10(11)16/h6-7,10-11,16H,2-5H2,1H3,(H,17,18). The fraction of sp³-hybridized carbons (Fsp3) is 0.500. The van der Waals surface area contributed by atoms with Gasteiger partial charge in [-0.05, 0) is 31.4 Å². The van der Waals surface area contributed by atoms with Gasteiger partial charge in [-0.1, -0.05) is 18.0 Å². The molecule has 1 saturated carbocycles. The highest BCUT2D eigenvalue weighted by Crippen LogP contribution is 2.38. The van der Waals surface area contributed by atoms with Crippen LogP contribution < -0.4 is 9.47 Å². The van der Waals surface area contributed by atoms with Crippen LogP contribution in [-0.4, -0.2) is 35.5 Å². The zero-order valence-corrected chi connectivity index (χ0v) is 11.9. The fourth-order valence-corrected chi connectivity index (χ4v) is 2.58. The van der Waals surface area contributed by atoms with E-state index in [4.69, 9.17) is 26.2 Å². The van der Waals surface area contributed by atoms with Crippen LogP contribution in [-0.2, 0) is 0 Å². The Hall–Kier alpha value is -1.46. The topological polar surface area (TPSA) is 76.0 Å². The molecule has 0 radical (unpaired) electrons. The molecule has 0 heterocycles. The third kappa shape index (κ3) is 3.16. The van der Waals surface area contributed by atoms with Crippen molar-refractivity contribution in [1.82, 2.24) is 0 Å². The number of benzene rings is 1. The van der Waals surface area contributed by atoms with Gasteiger partial charge in [0.1, 0.15) is 6.10 Å². The lowest BCUT2D eigenvalue weighted by Gasteiger charge is -2.29. The van der Waals surface area contributed by atoms with E-state index in [0.29, 0.717) is 6.42 Å². The molecule has 1 aromatic rings. The molecule has 2 rings (SSSR count). The molecule has 2 N–H and O–H groups in total. The predicted octanol–water partition coefficient (Wildman–Crippen LogP) is 2.73. The second-order valence-electron chi connectivity index (χ2n) is 4.80. The average Bonchev–Trinajstić information content (AvgIpc) is 2.42. The number of rotatable bonds is 4. The summed E-state index contributed by atoms with van der Waals surface area (Å²) >= 11 is 6.07. The quantitative estimate of drug-likeness (QED) is 0.894. The van der Waals surface area contributed by atoms with Gasteiger partial charge in [0, 0.05) is 0 Å². The number of aromatic carboxylic acids is 1. The molecule has 1 aliphatic carbocycles. The van der Waals surface area contributed by atoms with Crippen LogP contribution in [0.15, 0.2) is 12.1 Å². The summed E-state index contributed by atoms with van der Waals surface area (Å²) in [4.78, 5) is 11.0. The highest BCUT2D eigenvalue weighted by Gasteiger charge is 2.27. The monoisotopic (exact) mass is 300 g/mol. The molecule has 0 aliphatic heterocycles. The van der Waals surface area contributed by atoms with Crippen LogP contribution >= 0.6 is 11.6 Å². The van der Waals surface area contributed by atoms with Crippen molar-refractivity contribution >= 4 is 17.6 Å². The van der Waals surface area contributed by atoms with Gasteiger partial charge >= 0.3 is 5.97 Å². The number of aliphatic hydroxyl groups is 1. The van der Waals surface area contributed by atoms with E-state index in [-0.39, 0.29) is 28.2 Å². The van der Waals surface area contributed by atoms with Gasteiger partial charge < -0.3 is 19.7 Å². The minimum atomic E-state index is -1.09. The van der Waals surface area contributed by atoms with Crippen LogP contribution in [0.3, 0.4) is 0 Å². The summed E-state index contributed by atoms with van der Waals surface area (Å²) in [5, 5.41) is 19.1. The summed E-state index contributed by atoms with van der Waals surface area (Å²) in [5.41, 5.74) is 0.0309. The predicted molar refractivity (Wildman–Crippen MR) is 73.9 cm³/mol. The molecule has 1 aliphatic rings. The molecule has 0 bridgehead atoms. The highest BCUT2D eigenvalue weighted by atomic mass is 35.5. The maximum absolute atomic E-state index is 11.0. The van der Waals surface area contributed by atoms with Crippen LogP contribution in [0.1, 0.15) is 36.0 Å². The first-order valence-corrected chi connectivity index (χ1v) is 6.86. The van der Waals surface area contributed by atoms with Crippen molar-refractivity contribution in [2.24, 2.45) is 0 Å². The zero-order valence-electron chi connectivity index (χ0n) is 11.1. The Morgan fingerprint density at radius 1 is 1.35 bits per heavy atom. The zero-order chi connectivity index (χ0) is 14.7. The Morgan fingerprint density at radius 2 is 2.05 bits per heavy atom. The Bertz CT molecular complexity index is 503. The summed E-state index contributed by atoms with van der Waals surface area (Å²) in [6, 6.07) is 2.68. The lowest BCUT2D eigenvalue weighted by Crippen LogP contribution is -2.34. The highest BCUT2D eigenvalue weighted by molar-refractivity contribution is 6.32. The van der Waals surface area contributed by atoms with Crippen molar-refractivity contribution < 1.29 is 24.5 Å². The molecule has 0 saturated heterocycles. The van der Waals surface area contributed by atoms with Crippen molar-refractivity contribution in [2.45, 2.75) is 37.9 Å². The van der Waals surface area contributed by atoms with Crippen molar-refractivity contribution in [1.29, 1.82) is 0 Å². The number of methoxy groups -OCH3 is 1. The first-order chi connectivity index (χ1) is 9.52. The summed E-state index contributed by atoms with van der Waals surface area (Å²) in [5.74, 6) is -0.549. The summed E-state index contributed by atoms with van der Waals surface area (Å²) in [7, 11) is 1.42. The van der Waals surface area contributed by atoms with Gasteiger partial charge in [0.25, 0.3) is 0 Å². The maximum Gasteiger partial charge on any atom is 0.335 e. The summed E-state index contributed by atoms with van der Waals surface area (Å²) < 4.78 is 10.9. The molecule has 0 aromatic heterocycles. The lowest BCUT2D eigenvalue weighted by atomic mass is 9.95. The molecule has 1 fully saturated rings. The second-order valence-corrected chi connectivity index (χ2v) is 5.21. The van der Waals surface area contributed by atoms with E-state index >= 15 is 0 Å². The largest absolute Gasteiger partial charge is 0.493 e. The minimum Gasteiger partial charge on any atom is -0.493 e. The third-order valence-corrected chi connectivity index (χ3v) is 3.69. The molecule has 2 atom stereocenters. The number of carboxylic acid groups (broad SMARTS) is 1. The van der Waals surface area contributed by atoms with Crippen molar-refractivity contribution in [3.63, 3.8) is 0 Å². The number of hydrogen-bond donors (Lipinski definition) is 2. The van der Waals surface area contributed by atoms with Crippen LogP contribution in [0.5, 0.6) is 11.5 Å². The van der Waals surface area contributed by atoms with E-state index in [1.807, 2.05) is 0 Å². The number of carboxylic acids is 1. The van der Waals surface area contributed by atoms with Crippen molar-refractivity contribution in [3.05, 3.63) is 22.7 Å². The molecule has 0 spiro atoms. The molecular formula is C14H17ClO5. The number of carbonyl (C=O) groups is 1. The molecule has 110 valence electrons. The van der Waals surface area contributed by atoms with Gasteiger partial charge in [0.05, 0.1) is 23.8 Å². The molecule has 1 aromatic carbocycles. The lowest BCUT2D eigenvalue weighted by molar-refractivity contribution is 0.00571. The number of aliphatic hydroxyl groups excluding tert-OH is 1. The molecule has 6 heteroatoms. The molecule has 5 nitrogen and oxygen atoms in total. The van der Waals surface area contributed by atoms with Crippen molar-refractivity contribution in [3.8, 4) is 11.5 Å². The van der Waals surface area contributed by atoms with E-state index in [2.05, 4.69) is 0 Å². The second kappa shape index (κ2) is 6.33. The van der Waals surface area contributed by atoms with E-state index in [1.54, 1.807) is 0 Å². The van der Waals surface area contributed by atoms with E-state index in [1.165, 1.54) is 19.2 Å². The number of ether oxygens (including phenoxy) is 2. The Kier molecular flexibility index (Phi) is 4.73. The average molecular weight is 301 g/mol. The third-order valence-electron chi connectivity index (χ3n) is 3.41. The van der Waals surface area contributed by atoms with Gasteiger partial charge in [-0.2, -0.15) is 0 Å². The number of hydrogen-bond acceptors (Lipinski definition) is 4. The number of halogens is 1. The van der Waals surface area contributed by atoms with Gasteiger partial charge in [-0.3, -0.25) is 0 Å². The van der Waals surface area contributed by atoms with E-state index < -0.39 is 12.1 Å². The smallest absolute Gasteiger partial charge is 0.335 e. The maximum atomic E-state index is 11.0. The van der Waals surface area contributed by atoms with Crippen LogP contribution in [0.4, 0.5) is 0 Å². The Morgan fingerprint density at radius 3 is 2.65 bits per heavy atom. The van der Waals surface area contributed by atoms with Gasteiger partial charge in [-0.25, -0.2) is 4.79 Å². The minimum absolute atomic E-state index is 0.0309. The van der Waals surface area contributed by atoms with Crippen LogP contribution in [0.2, 0.25) is 5.02 Å². The van der Waals surface area contributed by atoms with E-state index in [0.717, 1.165) is 19.3 Å². The van der Waals surface area contributed by atoms with Gasteiger partial charge in [-0.15, -0.1) is 0 Å². The van der Waals surface area contributed by atoms with Gasteiger partial charge in [0.2, 0.25) is 0 Å². The summed E-state index contributed by atoms with van der Waals surface area (Å²) in [6.07, 6.45) is 2.51. The Balaban J connectivity index is 2.28. The van der Waals surface area contributed by atoms with Crippen LogP contribution in [0.25, 0.3) is 0 Å². The normalized spacial score (nSPS) is 22.4.